The molecule has 2 aliphatic rings. The molecule has 1 aromatic carbocycles. The third kappa shape index (κ3) is 2.29. The molecule has 1 heterocycles. The van der Waals surface area contributed by atoms with Gasteiger partial charge in [0.2, 0.25) is 0 Å². The van der Waals surface area contributed by atoms with E-state index in [2.05, 4.69) is 10.2 Å². The summed E-state index contributed by atoms with van der Waals surface area (Å²) in [6.07, 6.45) is 0.334. The molecule has 22 heavy (non-hydrogen) atoms. The Morgan fingerprint density at radius 1 is 1.32 bits per heavy atom. The van der Waals surface area contributed by atoms with Crippen LogP contribution in [-0.2, 0) is 4.79 Å². The lowest BCUT2D eigenvalue weighted by Crippen LogP contribution is -2.53. The van der Waals surface area contributed by atoms with E-state index in [1.807, 2.05) is 6.92 Å². The number of hydrogen-bond acceptors (Lipinski definition) is 4. The molecule has 1 aliphatic carbocycles. The zero-order chi connectivity index (χ0) is 16.1. The van der Waals surface area contributed by atoms with Gasteiger partial charge in [-0.1, -0.05) is 12.1 Å². The number of benzene rings is 1. The maximum atomic E-state index is 13.2. The molecular formula is C17H19FN2O2. The summed E-state index contributed by atoms with van der Waals surface area (Å²) in [6, 6.07) is 6.13. The van der Waals surface area contributed by atoms with Crippen molar-refractivity contribution >= 4 is 17.2 Å². The molecule has 0 bridgehead atoms. The summed E-state index contributed by atoms with van der Waals surface area (Å²) in [5.41, 5.74) is 1.29. The van der Waals surface area contributed by atoms with Crippen LogP contribution in [0.4, 0.5) is 4.39 Å². The lowest BCUT2D eigenvalue weighted by atomic mass is 9.59. The first-order chi connectivity index (χ1) is 10.3. The summed E-state index contributed by atoms with van der Waals surface area (Å²) in [4.78, 5) is 12.2. The summed E-state index contributed by atoms with van der Waals surface area (Å²) in [5, 5.41) is 19.1. The van der Waals surface area contributed by atoms with Gasteiger partial charge in [0.05, 0.1) is 17.2 Å². The average Bonchev–Trinajstić information content (AvgIpc) is 2.77. The highest BCUT2D eigenvalue weighted by molar-refractivity contribution is 6.12. The van der Waals surface area contributed by atoms with Gasteiger partial charge in [-0.2, -0.15) is 10.2 Å². The highest BCUT2D eigenvalue weighted by Crippen LogP contribution is 2.48. The van der Waals surface area contributed by atoms with Crippen LogP contribution >= 0.6 is 0 Å². The summed E-state index contributed by atoms with van der Waals surface area (Å²) >= 11 is 0. The van der Waals surface area contributed by atoms with Gasteiger partial charge in [-0.3, -0.25) is 4.79 Å². The van der Waals surface area contributed by atoms with E-state index in [-0.39, 0.29) is 23.4 Å². The van der Waals surface area contributed by atoms with Crippen LogP contribution in [0.25, 0.3) is 0 Å². The van der Waals surface area contributed by atoms with Crippen LogP contribution < -0.4 is 0 Å². The first-order valence-corrected chi connectivity index (χ1v) is 7.40. The van der Waals surface area contributed by atoms with Crippen LogP contribution in [0, 0.1) is 17.7 Å². The molecule has 1 aromatic rings. The number of ketones is 1. The fourth-order valence-corrected chi connectivity index (χ4v) is 3.94. The molecule has 0 aromatic heterocycles. The van der Waals surface area contributed by atoms with Crippen LogP contribution in [0.5, 0.6) is 0 Å². The average molecular weight is 302 g/mol. The predicted molar refractivity (Wildman–Crippen MR) is 82.6 cm³/mol. The minimum absolute atomic E-state index is 0.0712. The number of carbonyl (C=O) groups excluding carboxylic acids is 1. The standard InChI is InChI=1S/C17H19FN2O2/c1-9-14-13(20-19-9)8-17(3,22)16(10(2)21)15(14)11-4-6-12(18)7-5-11/h4-7,14-16,22H,8H2,1-3H3/t14-,15+,16+,17+/m1/s1. The Kier molecular flexibility index (Phi) is 3.48. The van der Waals surface area contributed by atoms with Crippen LogP contribution in [0.15, 0.2) is 34.5 Å². The van der Waals surface area contributed by atoms with E-state index < -0.39 is 11.5 Å². The quantitative estimate of drug-likeness (QED) is 0.913. The Labute approximate surface area is 128 Å². The molecule has 0 unspecified atom stereocenters. The van der Waals surface area contributed by atoms with Crippen LogP contribution in [-0.4, -0.2) is 27.9 Å². The maximum absolute atomic E-state index is 13.2. The van der Waals surface area contributed by atoms with Crippen molar-refractivity contribution in [3.8, 4) is 0 Å². The molecular weight excluding hydrogens is 283 g/mol. The monoisotopic (exact) mass is 302 g/mol. The lowest BCUT2D eigenvalue weighted by Gasteiger charge is -2.45. The molecule has 4 nitrogen and oxygen atoms in total. The van der Waals surface area contributed by atoms with E-state index in [0.29, 0.717) is 6.42 Å². The number of carbonyl (C=O) groups is 1. The van der Waals surface area contributed by atoms with Gasteiger partial charge in [0.1, 0.15) is 11.6 Å². The topological polar surface area (TPSA) is 62.0 Å². The van der Waals surface area contributed by atoms with Crippen LogP contribution in [0.3, 0.4) is 0 Å². The van der Waals surface area contributed by atoms with Crippen molar-refractivity contribution in [1.29, 1.82) is 0 Å². The minimum atomic E-state index is -1.18. The van der Waals surface area contributed by atoms with Crippen LogP contribution in [0.1, 0.15) is 38.7 Å². The number of hydrogen-bond donors (Lipinski definition) is 1. The van der Waals surface area contributed by atoms with Crippen molar-refractivity contribution < 1.29 is 14.3 Å². The summed E-state index contributed by atoms with van der Waals surface area (Å²) < 4.78 is 13.2. The Morgan fingerprint density at radius 2 is 1.95 bits per heavy atom. The first kappa shape index (κ1) is 15.0. The zero-order valence-corrected chi connectivity index (χ0v) is 12.9. The van der Waals surface area contributed by atoms with Crippen LogP contribution in [0.2, 0.25) is 0 Å². The molecule has 1 fully saturated rings. The molecule has 0 spiro atoms. The van der Waals surface area contributed by atoms with E-state index in [1.165, 1.54) is 19.1 Å². The van der Waals surface area contributed by atoms with E-state index in [1.54, 1.807) is 19.1 Å². The van der Waals surface area contributed by atoms with Crippen molar-refractivity contribution in [3.63, 3.8) is 0 Å². The first-order valence-electron chi connectivity index (χ1n) is 7.40. The number of halogens is 1. The second kappa shape index (κ2) is 5.09. The van der Waals surface area contributed by atoms with Gasteiger partial charge in [-0.25, -0.2) is 4.39 Å². The molecule has 1 saturated carbocycles. The van der Waals surface area contributed by atoms with Gasteiger partial charge < -0.3 is 5.11 Å². The minimum Gasteiger partial charge on any atom is -0.389 e. The maximum Gasteiger partial charge on any atom is 0.136 e. The summed E-state index contributed by atoms with van der Waals surface area (Å²) in [7, 11) is 0. The molecule has 1 aliphatic heterocycles. The molecule has 0 saturated heterocycles. The molecule has 0 radical (unpaired) electrons. The van der Waals surface area contributed by atoms with Gasteiger partial charge in [0.25, 0.3) is 0 Å². The van der Waals surface area contributed by atoms with Gasteiger partial charge in [0, 0.05) is 24.0 Å². The van der Waals surface area contributed by atoms with Gasteiger partial charge in [0.15, 0.2) is 0 Å². The van der Waals surface area contributed by atoms with E-state index >= 15 is 0 Å². The second-order valence-corrected chi connectivity index (χ2v) is 6.51. The van der Waals surface area contributed by atoms with Crippen molar-refractivity contribution in [2.75, 3.05) is 0 Å². The van der Waals surface area contributed by atoms with Gasteiger partial charge >= 0.3 is 0 Å². The number of nitrogens with zero attached hydrogens (tertiary/aromatic N) is 2. The number of rotatable bonds is 2. The van der Waals surface area contributed by atoms with E-state index in [4.69, 9.17) is 0 Å². The summed E-state index contributed by atoms with van der Waals surface area (Å²) in [6.45, 7) is 5.05. The molecule has 1 N–H and O–H groups in total. The van der Waals surface area contributed by atoms with Crippen molar-refractivity contribution in [3.05, 3.63) is 35.6 Å². The van der Waals surface area contributed by atoms with Crippen molar-refractivity contribution in [2.45, 2.75) is 38.7 Å². The van der Waals surface area contributed by atoms with Gasteiger partial charge in [-0.05, 0) is 38.5 Å². The normalized spacial score (nSPS) is 34.0. The van der Waals surface area contributed by atoms with E-state index in [9.17, 15) is 14.3 Å². The third-order valence-corrected chi connectivity index (χ3v) is 4.77. The van der Waals surface area contributed by atoms with E-state index in [0.717, 1.165) is 17.0 Å². The molecule has 3 rings (SSSR count). The zero-order valence-electron chi connectivity index (χ0n) is 12.9. The number of aliphatic hydroxyl groups is 1. The molecule has 5 heteroatoms. The third-order valence-electron chi connectivity index (χ3n) is 4.77. The Hall–Kier alpha value is -1.88. The lowest BCUT2D eigenvalue weighted by molar-refractivity contribution is -0.131. The Bertz CT molecular complexity index is 676. The largest absolute Gasteiger partial charge is 0.389 e. The molecule has 4 atom stereocenters. The van der Waals surface area contributed by atoms with Crippen molar-refractivity contribution in [2.24, 2.45) is 22.0 Å². The fourth-order valence-electron chi connectivity index (χ4n) is 3.94. The van der Waals surface area contributed by atoms with Crippen molar-refractivity contribution in [1.82, 2.24) is 0 Å². The Balaban J connectivity index is 2.14. The number of Topliss-reactive ketones (excluding diaryl/α,β-unsaturated/α-hetero) is 1. The second-order valence-electron chi connectivity index (χ2n) is 6.51. The summed E-state index contributed by atoms with van der Waals surface area (Å²) in [5.74, 6) is -1.33. The fraction of sp³-hybridized carbons (Fsp3) is 0.471. The highest BCUT2D eigenvalue weighted by atomic mass is 19.1. The highest BCUT2D eigenvalue weighted by Gasteiger charge is 2.53. The Morgan fingerprint density at radius 3 is 2.55 bits per heavy atom. The predicted octanol–water partition coefficient (Wildman–Crippen LogP) is 2.72. The smallest absolute Gasteiger partial charge is 0.136 e. The molecule has 0 amide bonds. The molecule has 116 valence electrons. The SMILES string of the molecule is CC(=O)[C@H]1[C@@H](c2ccc(F)cc2)[C@@H]2C(C)=NN=C2C[C@]1(C)O. The van der Waals surface area contributed by atoms with Gasteiger partial charge in [-0.15, -0.1) is 0 Å². The number of fused-ring (bicyclic) bond motifs is 1.